The summed E-state index contributed by atoms with van der Waals surface area (Å²) in [6, 6.07) is 4.48. The van der Waals surface area contributed by atoms with Crippen molar-refractivity contribution in [3.63, 3.8) is 0 Å². The number of amides is 4. The summed E-state index contributed by atoms with van der Waals surface area (Å²) >= 11 is 6.29. The summed E-state index contributed by atoms with van der Waals surface area (Å²) in [4.78, 5) is 42.4. The third-order valence-corrected chi connectivity index (χ3v) is 6.49. The molecule has 162 valence electrons. The molecule has 3 fully saturated rings. The van der Waals surface area contributed by atoms with Gasteiger partial charge in [-0.25, -0.2) is 4.79 Å². The third-order valence-electron chi connectivity index (χ3n) is 6.17. The van der Waals surface area contributed by atoms with Gasteiger partial charge in [0.2, 0.25) is 5.91 Å². The van der Waals surface area contributed by atoms with E-state index < -0.39 is 6.03 Å². The molecule has 0 atom stereocenters. The van der Waals surface area contributed by atoms with E-state index in [2.05, 4.69) is 15.5 Å². The molecule has 0 unspecified atom stereocenters. The van der Waals surface area contributed by atoms with Crippen LogP contribution in [0.1, 0.15) is 29.6 Å². The standard InChI is InChI=1S/C21H28ClN5O3/c22-17-2-1-16(13-18(17)27-8-5-19(28)24-21(27)30)20(29)26-11-9-25(10-12-26)14-15-3-6-23-7-4-15/h1-2,13,15,23H,3-12,14H2,(H,24,28,30). The number of carbonyl (C=O) groups is 3. The number of piperidine rings is 1. The number of anilines is 1. The van der Waals surface area contributed by atoms with E-state index in [-0.39, 0.29) is 24.8 Å². The Hall–Kier alpha value is -2.16. The molecule has 9 heteroatoms. The van der Waals surface area contributed by atoms with Gasteiger partial charge in [-0.05, 0) is 50.0 Å². The molecule has 3 heterocycles. The average molecular weight is 434 g/mol. The lowest BCUT2D eigenvalue weighted by Gasteiger charge is -2.37. The smallest absolute Gasteiger partial charge is 0.328 e. The fraction of sp³-hybridized carbons (Fsp3) is 0.571. The van der Waals surface area contributed by atoms with Crippen molar-refractivity contribution >= 4 is 35.1 Å². The molecule has 0 aromatic heterocycles. The Balaban J connectivity index is 1.38. The van der Waals surface area contributed by atoms with Crippen molar-refractivity contribution in [1.29, 1.82) is 0 Å². The minimum atomic E-state index is -0.510. The summed E-state index contributed by atoms with van der Waals surface area (Å²) in [7, 11) is 0. The van der Waals surface area contributed by atoms with Crippen LogP contribution in [-0.2, 0) is 4.79 Å². The number of carbonyl (C=O) groups excluding carboxylic acids is 3. The van der Waals surface area contributed by atoms with Crippen LogP contribution in [0.5, 0.6) is 0 Å². The van der Waals surface area contributed by atoms with Crippen molar-refractivity contribution in [1.82, 2.24) is 20.4 Å². The van der Waals surface area contributed by atoms with Gasteiger partial charge in [0.05, 0.1) is 10.7 Å². The lowest BCUT2D eigenvalue weighted by molar-refractivity contribution is -0.120. The molecule has 4 amide bonds. The number of piperazine rings is 1. The van der Waals surface area contributed by atoms with Crippen LogP contribution in [0.4, 0.5) is 10.5 Å². The van der Waals surface area contributed by atoms with Crippen LogP contribution < -0.4 is 15.5 Å². The van der Waals surface area contributed by atoms with Crippen LogP contribution in [0.3, 0.4) is 0 Å². The van der Waals surface area contributed by atoms with Gasteiger partial charge in [-0.2, -0.15) is 0 Å². The molecule has 3 saturated heterocycles. The summed E-state index contributed by atoms with van der Waals surface area (Å²) in [6.07, 6.45) is 2.66. The molecule has 1 aromatic carbocycles. The second-order valence-electron chi connectivity index (χ2n) is 8.21. The number of imide groups is 1. The number of hydrogen-bond acceptors (Lipinski definition) is 5. The summed E-state index contributed by atoms with van der Waals surface area (Å²) in [6.45, 7) is 6.71. The first kappa shape index (κ1) is 21.1. The van der Waals surface area contributed by atoms with Crippen molar-refractivity contribution in [2.75, 3.05) is 57.3 Å². The molecule has 3 aliphatic rings. The number of hydrogen-bond donors (Lipinski definition) is 2. The lowest BCUT2D eigenvalue weighted by Crippen LogP contribution is -2.50. The van der Waals surface area contributed by atoms with Crippen LogP contribution in [0, 0.1) is 5.92 Å². The second kappa shape index (κ2) is 9.32. The number of urea groups is 1. The van der Waals surface area contributed by atoms with Crippen molar-refractivity contribution < 1.29 is 14.4 Å². The topological polar surface area (TPSA) is 85.0 Å². The molecule has 0 aliphatic carbocycles. The number of nitrogens with one attached hydrogen (secondary N) is 2. The zero-order valence-electron chi connectivity index (χ0n) is 17.0. The Morgan fingerprint density at radius 1 is 1.07 bits per heavy atom. The highest BCUT2D eigenvalue weighted by Crippen LogP contribution is 2.29. The van der Waals surface area contributed by atoms with E-state index in [9.17, 15) is 14.4 Å². The zero-order valence-corrected chi connectivity index (χ0v) is 17.8. The second-order valence-corrected chi connectivity index (χ2v) is 8.61. The highest BCUT2D eigenvalue weighted by Gasteiger charge is 2.28. The van der Waals surface area contributed by atoms with Gasteiger partial charge >= 0.3 is 6.03 Å². The van der Waals surface area contributed by atoms with Crippen LogP contribution in [0.15, 0.2) is 18.2 Å². The molecule has 3 aliphatic heterocycles. The molecule has 2 N–H and O–H groups in total. The molecular formula is C21H28ClN5O3. The summed E-state index contributed by atoms with van der Waals surface area (Å²) in [5.41, 5.74) is 0.961. The maximum Gasteiger partial charge on any atom is 0.328 e. The third kappa shape index (κ3) is 4.77. The van der Waals surface area contributed by atoms with E-state index in [4.69, 9.17) is 11.6 Å². The first-order valence-electron chi connectivity index (χ1n) is 10.6. The molecule has 8 nitrogen and oxygen atoms in total. The van der Waals surface area contributed by atoms with Crippen molar-refractivity contribution in [3.8, 4) is 0 Å². The molecule has 0 saturated carbocycles. The maximum atomic E-state index is 13.1. The molecule has 0 bridgehead atoms. The Bertz CT molecular complexity index is 819. The van der Waals surface area contributed by atoms with E-state index >= 15 is 0 Å². The predicted octanol–water partition coefficient (Wildman–Crippen LogP) is 1.54. The van der Waals surface area contributed by atoms with E-state index in [0.29, 0.717) is 29.4 Å². The predicted molar refractivity (Wildman–Crippen MR) is 115 cm³/mol. The van der Waals surface area contributed by atoms with E-state index in [1.54, 1.807) is 18.2 Å². The molecule has 0 spiro atoms. The normalized spacial score (nSPS) is 21.6. The van der Waals surface area contributed by atoms with Crippen LogP contribution in [-0.4, -0.2) is 80.0 Å². The molecule has 30 heavy (non-hydrogen) atoms. The monoisotopic (exact) mass is 433 g/mol. The largest absolute Gasteiger partial charge is 0.336 e. The fourth-order valence-electron chi connectivity index (χ4n) is 4.39. The van der Waals surface area contributed by atoms with E-state index in [0.717, 1.165) is 38.6 Å². The minimum Gasteiger partial charge on any atom is -0.336 e. The van der Waals surface area contributed by atoms with Crippen LogP contribution in [0.2, 0.25) is 5.02 Å². The number of halogens is 1. The number of nitrogens with zero attached hydrogens (tertiary/aromatic N) is 3. The van der Waals surface area contributed by atoms with Crippen molar-refractivity contribution in [2.45, 2.75) is 19.3 Å². The van der Waals surface area contributed by atoms with Gasteiger partial charge in [-0.3, -0.25) is 24.7 Å². The van der Waals surface area contributed by atoms with Gasteiger partial charge in [0.1, 0.15) is 0 Å². The van der Waals surface area contributed by atoms with Gasteiger partial charge in [-0.1, -0.05) is 11.6 Å². The highest BCUT2D eigenvalue weighted by molar-refractivity contribution is 6.34. The number of benzene rings is 1. The Kier molecular flexibility index (Phi) is 6.55. The fourth-order valence-corrected chi connectivity index (χ4v) is 4.61. The van der Waals surface area contributed by atoms with Gasteiger partial charge < -0.3 is 10.2 Å². The van der Waals surface area contributed by atoms with Gasteiger partial charge in [0, 0.05) is 51.3 Å². The van der Waals surface area contributed by atoms with Gasteiger partial charge in [0.15, 0.2) is 0 Å². The molecule has 4 rings (SSSR count). The summed E-state index contributed by atoms with van der Waals surface area (Å²) in [5, 5.41) is 6.07. The molecule has 1 aromatic rings. The Morgan fingerprint density at radius 2 is 1.80 bits per heavy atom. The lowest BCUT2D eigenvalue weighted by atomic mass is 9.97. The SMILES string of the molecule is O=C1CCN(c2cc(C(=O)N3CCN(CC4CCNCC4)CC3)ccc2Cl)C(=O)N1. The van der Waals surface area contributed by atoms with Crippen LogP contribution >= 0.6 is 11.6 Å². The Morgan fingerprint density at radius 3 is 2.50 bits per heavy atom. The molecule has 0 radical (unpaired) electrons. The van der Waals surface area contributed by atoms with Crippen molar-refractivity contribution in [3.05, 3.63) is 28.8 Å². The summed E-state index contributed by atoms with van der Waals surface area (Å²) < 4.78 is 0. The van der Waals surface area contributed by atoms with E-state index in [1.807, 2.05) is 4.90 Å². The minimum absolute atomic E-state index is 0.0528. The Labute approximate surface area is 181 Å². The van der Waals surface area contributed by atoms with E-state index in [1.165, 1.54) is 17.7 Å². The van der Waals surface area contributed by atoms with Crippen LogP contribution in [0.25, 0.3) is 0 Å². The first-order valence-corrected chi connectivity index (χ1v) is 11.0. The first-order chi connectivity index (χ1) is 14.5. The quantitative estimate of drug-likeness (QED) is 0.752. The summed E-state index contributed by atoms with van der Waals surface area (Å²) in [5.74, 6) is 0.389. The molecular weight excluding hydrogens is 406 g/mol. The number of rotatable bonds is 4. The van der Waals surface area contributed by atoms with Crippen molar-refractivity contribution in [2.24, 2.45) is 5.92 Å². The highest BCUT2D eigenvalue weighted by atomic mass is 35.5. The van der Waals surface area contributed by atoms with Gasteiger partial charge in [-0.15, -0.1) is 0 Å². The van der Waals surface area contributed by atoms with Gasteiger partial charge in [0.25, 0.3) is 5.91 Å². The zero-order chi connectivity index (χ0) is 21.1. The maximum absolute atomic E-state index is 13.1. The average Bonchev–Trinajstić information content (AvgIpc) is 2.75.